The van der Waals surface area contributed by atoms with E-state index in [1.165, 1.54) is 30.5 Å². The number of hydrogen-bond acceptors (Lipinski definition) is 5. The predicted octanol–water partition coefficient (Wildman–Crippen LogP) is 5.92. The molecule has 1 N–H and O–H groups in total. The van der Waals surface area contributed by atoms with Crippen molar-refractivity contribution in [2.45, 2.75) is 11.5 Å². The third-order valence-corrected chi connectivity index (χ3v) is 7.63. The van der Waals surface area contributed by atoms with Crippen LogP contribution in [0.1, 0.15) is 11.1 Å². The van der Waals surface area contributed by atoms with Crippen LogP contribution in [0.3, 0.4) is 0 Å². The molecule has 0 atom stereocenters. The van der Waals surface area contributed by atoms with E-state index >= 15 is 0 Å². The number of hydrogen-bond donors (Lipinski definition) is 1. The lowest BCUT2D eigenvalue weighted by Gasteiger charge is -2.23. The molecule has 0 bridgehead atoms. The smallest absolute Gasteiger partial charge is 0.264 e. The normalized spacial score (nSPS) is 11.3. The molecule has 0 fully saturated rings. The summed E-state index contributed by atoms with van der Waals surface area (Å²) >= 11 is 11.9. The van der Waals surface area contributed by atoms with Crippen LogP contribution in [-0.4, -0.2) is 27.1 Å². The Labute approximate surface area is 231 Å². The van der Waals surface area contributed by atoms with E-state index in [4.69, 9.17) is 27.9 Å². The first-order valence-corrected chi connectivity index (χ1v) is 13.6. The van der Waals surface area contributed by atoms with Crippen molar-refractivity contribution in [1.82, 2.24) is 5.43 Å². The van der Waals surface area contributed by atoms with Crippen molar-refractivity contribution in [3.63, 3.8) is 0 Å². The molecule has 0 aliphatic heterocycles. The number of carbonyl (C=O) groups excluding carboxylic acids is 1. The van der Waals surface area contributed by atoms with Gasteiger partial charge in [-0.25, -0.2) is 13.8 Å². The summed E-state index contributed by atoms with van der Waals surface area (Å²) < 4.78 is 33.4. The maximum absolute atomic E-state index is 13.3. The summed E-state index contributed by atoms with van der Waals surface area (Å²) in [5, 5.41) is 5.08. The second kappa shape index (κ2) is 12.6. The minimum Gasteiger partial charge on any atom is -0.489 e. The fraction of sp³-hybridized carbons (Fsp3) is 0.0714. The Morgan fingerprint density at radius 3 is 2.08 bits per heavy atom. The lowest BCUT2D eigenvalue weighted by Crippen LogP contribution is -2.39. The lowest BCUT2D eigenvalue weighted by atomic mass is 10.2. The van der Waals surface area contributed by atoms with Crippen LogP contribution in [-0.2, 0) is 21.4 Å². The highest BCUT2D eigenvalue weighted by Gasteiger charge is 2.27. The standard InChI is InChI=1S/C28H23Cl2N3O4S/c29-23-10-6-22(7-11-23)20-37-26-16-8-21(9-17-26)18-31-32-28(34)19-33(25-14-12-24(30)13-15-25)38(35,36)27-4-2-1-3-5-27/h1-18H,19-20H2,(H,32,34)/b31-18-. The maximum Gasteiger partial charge on any atom is 0.264 e. The topological polar surface area (TPSA) is 88.1 Å². The zero-order chi connectivity index (χ0) is 27.0. The fourth-order valence-electron chi connectivity index (χ4n) is 3.38. The van der Waals surface area contributed by atoms with Crippen LogP contribution in [0.2, 0.25) is 10.0 Å². The fourth-order valence-corrected chi connectivity index (χ4v) is 5.08. The number of anilines is 1. The Morgan fingerprint density at radius 1 is 0.842 bits per heavy atom. The largest absolute Gasteiger partial charge is 0.489 e. The molecule has 0 radical (unpaired) electrons. The van der Waals surface area contributed by atoms with Gasteiger partial charge in [-0.05, 0) is 83.9 Å². The summed E-state index contributed by atoms with van der Waals surface area (Å²) in [7, 11) is -4.01. The molecule has 0 unspecified atom stereocenters. The van der Waals surface area contributed by atoms with Gasteiger partial charge in [0, 0.05) is 10.0 Å². The first kappa shape index (κ1) is 27.2. The molecule has 0 saturated heterocycles. The van der Waals surface area contributed by atoms with Gasteiger partial charge in [0.2, 0.25) is 0 Å². The van der Waals surface area contributed by atoms with E-state index in [0.29, 0.717) is 28.1 Å². The van der Waals surface area contributed by atoms with Crippen LogP contribution in [0.5, 0.6) is 5.75 Å². The van der Waals surface area contributed by atoms with Gasteiger partial charge in [0.1, 0.15) is 18.9 Å². The van der Waals surface area contributed by atoms with E-state index < -0.39 is 22.5 Å². The van der Waals surface area contributed by atoms with Crippen LogP contribution in [0.15, 0.2) is 113 Å². The molecule has 0 aliphatic rings. The number of benzene rings is 4. The number of sulfonamides is 1. The highest BCUT2D eigenvalue weighted by Crippen LogP contribution is 2.25. The molecule has 38 heavy (non-hydrogen) atoms. The molecular formula is C28H23Cl2N3O4S. The van der Waals surface area contributed by atoms with E-state index in [9.17, 15) is 13.2 Å². The number of nitrogens with zero attached hydrogens (tertiary/aromatic N) is 2. The molecular weight excluding hydrogens is 545 g/mol. The summed E-state index contributed by atoms with van der Waals surface area (Å²) in [5.41, 5.74) is 4.39. The highest BCUT2D eigenvalue weighted by atomic mass is 35.5. The summed E-state index contributed by atoms with van der Waals surface area (Å²) in [5.74, 6) is 0.0597. The van der Waals surface area contributed by atoms with Gasteiger partial charge in [-0.2, -0.15) is 5.10 Å². The number of nitrogens with one attached hydrogen (secondary N) is 1. The molecule has 194 valence electrons. The minimum absolute atomic E-state index is 0.0598. The van der Waals surface area contributed by atoms with Crippen LogP contribution in [0.25, 0.3) is 0 Å². The van der Waals surface area contributed by atoms with Gasteiger partial charge < -0.3 is 4.74 Å². The second-order valence-electron chi connectivity index (χ2n) is 8.08. The summed E-state index contributed by atoms with van der Waals surface area (Å²) in [4.78, 5) is 12.7. The van der Waals surface area contributed by atoms with Crippen molar-refractivity contribution >= 4 is 51.0 Å². The van der Waals surface area contributed by atoms with Gasteiger partial charge in [0.05, 0.1) is 16.8 Å². The molecule has 4 aromatic carbocycles. The molecule has 0 heterocycles. The van der Waals surface area contributed by atoms with Crippen LogP contribution in [0, 0.1) is 0 Å². The molecule has 7 nitrogen and oxygen atoms in total. The zero-order valence-electron chi connectivity index (χ0n) is 20.0. The van der Waals surface area contributed by atoms with Gasteiger partial charge in [0.25, 0.3) is 15.9 Å². The Balaban J connectivity index is 1.38. The third-order valence-electron chi connectivity index (χ3n) is 5.33. The number of carbonyl (C=O) groups is 1. The Hall–Kier alpha value is -3.85. The first-order valence-electron chi connectivity index (χ1n) is 11.4. The SMILES string of the molecule is O=C(CN(c1ccc(Cl)cc1)S(=O)(=O)c1ccccc1)N/N=C\c1ccc(OCc2ccc(Cl)cc2)cc1. The van der Waals surface area contributed by atoms with Gasteiger partial charge in [-0.15, -0.1) is 0 Å². The molecule has 4 aromatic rings. The number of halogens is 2. The summed E-state index contributed by atoms with van der Waals surface area (Å²) in [6, 6.07) is 28.6. The Kier molecular flexibility index (Phi) is 9.02. The average molecular weight is 568 g/mol. The quantitative estimate of drug-likeness (QED) is 0.190. The molecule has 4 rings (SSSR count). The maximum atomic E-state index is 13.3. The molecule has 0 saturated carbocycles. The minimum atomic E-state index is -4.01. The van der Waals surface area contributed by atoms with Crippen molar-refractivity contribution in [1.29, 1.82) is 0 Å². The van der Waals surface area contributed by atoms with Gasteiger partial charge in [-0.3, -0.25) is 9.10 Å². The first-order chi connectivity index (χ1) is 18.3. The molecule has 10 heteroatoms. The number of hydrazone groups is 1. The number of rotatable bonds is 10. The lowest BCUT2D eigenvalue weighted by molar-refractivity contribution is -0.119. The molecule has 0 aliphatic carbocycles. The second-order valence-corrected chi connectivity index (χ2v) is 10.8. The monoisotopic (exact) mass is 567 g/mol. The predicted molar refractivity (Wildman–Crippen MR) is 150 cm³/mol. The van der Waals surface area contributed by atoms with Crippen LogP contribution < -0.4 is 14.5 Å². The number of amides is 1. The highest BCUT2D eigenvalue weighted by molar-refractivity contribution is 7.92. The van der Waals surface area contributed by atoms with E-state index in [1.54, 1.807) is 66.7 Å². The van der Waals surface area contributed by atoms with Crippen molar-refractivity contribution in [2.75, 3.05) is 10.8 Å². The molecule has 0 aromatic heterocycles. The molecule has 1 amide bonds. The Bertz CT molecular complexity index is 1500. The summed E-state index contributed by atoms with van der Waals surface area (Å²) in [6.45, 7) is -0.0790. The van der Waals surface area contributed by atoms with Crippen molar-refractivity contribution in [3.05, 3.63) is 124 Å². The van der Waals surface area contributed by atoms with E-state index in [-0.39, 0.29) is 4.90 Å². The van der Waals surface area contributed by atoms with Gasteiger partial charge in [0.15, 0.2) is 0 Å². The zero-order valence-corrected chi connectivity index (χ0v) is 22.3. The molecule has 0 spiro atoms. The van der Waals surface area contributed by atoms with Crippen LogP contribution >= 0.6 is 23.2 Å². The van der Waals surface area contributed by atoms with Crippen molar-refractivity contribution in [2.24, 2.45) is 5.10 Å². The van der Waals surface area contributed by atoms with E-state index in [2.05, 4.69) is 10.5 Å². The van der Waals surface area contributed by atoms with Crippen molar-refractivity contribution < 1.29 is 17.9 Å². The van der Waals surface area contributed by atoms with Gasteiger partial charge in [-0.1, -0.05) is 53.5 Å². The number of ether oxygens (including phenoxy) is 1. The van der Waals surface area contributed by atoms with E-state index in [0.717, 1.165) is 15.4 Å². The average Bonchev–Trinajstić information content (AvgIpc) is 2.93. The van der Waals surface area contributed by atoms with Crippen molar-refractivity contribution in [3.8, 4) is 5.75 Å². The summed E-state index contributed by atoms with van der Waals surface area (Å²) in [6.07, 6.45) is 1.46. The Morgan fingerprint density at radius 2 is 1.45 bits per heavy atom. The van der Waals surface area contributed by atoms with Crippen LogP contribution in [0.4, 0.5) is 5.69 Å². The van der Waals surface area contributed by atoms with Gasteiger partial charge >= 0.3 is 0 Å². The third kappa shape index (κ3) is 7.35. The van der Waals surface area contributed by atoms with E-state index in [1.807, 2.05) is 12.1 Å².